The van der Waals surface area contributed by atoms with E-state index in [-0.39, 0.29) is 6.10 Å². The molecule has 2 N–H and O–H groups in total. The first kappa shape index (κ1) is 12.7. The van der Waals surface area contributed by atoms with E-state index < -0.39 is 0 Å². The van der Waals surface area contributed by atoms with Gasteiger partial charge in [-0.15, -0.1) is 0 Å². The Morgan fingerprint density at radius 2 is 1.67 bits per heavy atom. The second-order valence-corrected chi connectivity index (χ2v) is 4.57. The summed E-state index contributed by atoms with van der Waals surface area (Å²) in [6.45, 7) is 4.60. The molecule has 2 aromatic carbocycles. The van der Waals surface area contributed by atoms with Crippen LogP contribution in [0.1, 0.15) is 22.8 Å². The first-order valence-corrected chi connectivity index (χ1v) is 6.19. The van der Waals surface area contributed by atoms with Crippen LogP contribution in [-0.2, 0) is 0 Å². The van der Waals surface area contributed by atoms with Gasteiger partial charge in [-0.3, -0.25) is 0 Å². The zero-order chi connectivity index (χ0) is 13.0. The van der Waals surface area contributed by atoms with Gasteiger partial charge in [0.25, 0.3) is 0 Å². The van der Waals surface area contributed by atoms with Crippen molar-refractivity contribution in [1.29, 1.82) is 0 Å². The van der Waals surface area contributed by atoms with E-state index >= 15 is 0 Å². The van der Waals surface area contributed by atoms with Gasteiger partial charge in [-0.25, -0.2) is 0 Å². The van der Waals surface area contributed by atoms with Gasteiger partial charge in [-0.05, 0) is 37.1 Å². The molecule has 0 aliphatic heterocycles. The molecule has 0 saturated heterocycles. The lowest BCUT2D eigenvalue weighted by Gasteiger charge is -2.18. The molecule has 0 spiro atoms. The molecule has 0 radical (unpaired) electrons. The Morgan fingerprint density at radius 3 is 2.28 bits per heavy atom. The first-order valence-electron chi connectivity index (χ1n) is 6.19. The molecule has 0 amide bonds. The first-order chi connectivity index (χ1) is 8.69. The Hall–Kier alpha value is -1.80. The van der Waals surface area contributed by atoms with Gasteiger partial charge >= 0.3 is 0 Å². The molecule has 0 bridgehead atoms. The highest BCUT2D eigenvalue weighted by atomic mass is 16.5. The Labute approximate surface area is 108 Å². The molecule has 0 heterocycles. The minimum atomic E-state index is -0.0910. The van der Waals surface area contributed by atoms with Crippen molar-refractivity contribution in [2.24, 2.45) is 5.73 Å². The van der Waals surface area contributed by atoms with E-state index in [9.17, 15) is 0 Å². The quantitative estimate of drug-likeness (QED) is 0.890. The molecule has 0 aromatic heterocycles. The molecule has 2 rings (SSSR count). The van der Waals surface area contributed by atoms with Crippen molar-refractivity contribution in [3.63, 3.8) is 0 Å². The van der Waals surface area contributed by atoms with Crippen molar-refractivity contribution in [2.75, 3.05) is 6.54 Å². The van der Waals surface area contributed by atoms with Crippen LogP contribution < -0.4 is 10.5 Å². The van der Waals surface area contributed by atoms with Crippen molar-refractivity contribution < 1.29 is 4.74 Å². The molecule has 1 unspecified atom stereocenters. The van der Waals surface area contributed by atoms with Crippen LogP contribution in [0.4, 0.5) is 0 Å². The Balaban J connectivity index is 2.19. The fourth-order valence-electron chi connectivity index (χ4n) is 1.98. The Morgan fingerprint density at radius 1 is 1.00 bits per heavy atom. The molecule has 0 saturated carbocycles. The molecular weight excluding hydrogens is 222 g/mol. The van der Waals surface area contributed by atoms with Crippen LogP contribution in [0.25, 0.3) is 0 Å². The van der Waals surface area contributed by atoms with Crippen LogP contribution in [0.3, 0.4) is 0 Å². The van der Waals surface area contributed by atoms with E-state index in [4.69, 9.17) is 10.5 Å². The summed E-state index contributed by atoms with van der Waals surface area (Å²) in [6.07, 6.45) is -0.0910. The number of hydrogen-bond donors (Lipinski definition) is 1. The summed E-state index contributed by atoms with van der Waals surface area (Å²) < 4.78 is 5.96. The Bertz CT molecular complexity index is 522. The summed E-state index contributed by atoms with van der Waals surface area (Å²) in [6, 6.07) is 16.3. The van der Waals surface area contributed by atoms with Crippen molar-refractivity contribution in [2.45, 2.75) is 20.0 Å². The SMILES string of the molecule is Cc1cccc(OC(CN)c2cccc(C)c2)c1. The summed E-state index contributed by atoms with van der Waals surface area (Å²) in [5.41, 5.74) is 9.35. The standard InChI is InChI=1S/C16H19NO/c1-12-5-3-7-14(9-12)16(11-17)18-15-8-4-6-13(2)10-15/h3-10,16H,11,17H2,1-2H3. The molecule has 94 valence electrons. The van der Waals surface area contributed by atoms with Crippen molar-refractivity contribution in [1.82, 2.24) is 0 Å². The van der Waals surface area contributed by atoms with E-state index in [1.54, 1.807) is 0 Å². The highest BCUT2D eigenvalue weighted by Gasteiger charge is 2.11. The number of benzene rings is 2. The summed E-state index contributed by atoms with van der Waals surface area (Å²) in [7, 11) is 0. The maximum absolute atomic E-state index is 5.96. The van der Waals surface area contributed by atoms with Gasteiger partial charge in [-0.1, -0.05) is 42.0 Å². The third-order valence-corrected chi connectivity index (χ3v) is 2.90. The normalized spacial score (nSPS) is 12.2. The number of nitrogens with two attached hydrogens (primary N) is 1. The number of aryl methyl sites for hydroxylation is 2. The van der Waals surface area contributed by atoms with E-state index in [1.165, 1.54) is 11.1 Å². The fraction of sp³-hybridized carbons (Fsp3) is 0.250. The van der Waals surface area contributed by atoms with Gasteiger partial charge in [-0.2, -0.15) is 0 Å². The van der Waals surface area contributed by atoms with E-state index in [2.05, 4.69) is 38.1 Å². The van der Waals surface area contributed by atoms with Crippen molar-refractivity contribution in [3.8, 4) is 5.75 Å². The highest BCUT2D eigenvalue weighted by Crippen LogP contribution is 2.22. The maximum Gasteiger partial charge on any atom is 0.136 e. The average molecular weight is 241 g/mol. The molecule has 0 fully saturated rings. The summed E-state index contributed by atoms with van der Waals surface area (Å²) >= 11 is 0. The molecule has 2 aromatic rings. The molecule has 1 atom stereocenters. The van der Waals surface area contributed by atoms with Crippen LogP contribution >= 0.6 is 0 Å². The van der Waals surface area contributed by atoms with Gasteiger partial charge in [0.2, 0.25) is 0 Å². The summed E-state index contributed by atoms with van der Waals surface area (Å²) in [5.74, 6) is 0.868. The van der Waals surface area contributed by atoms with Crippen molar-refractivity contribution in [3.05, 3.63) is 65.2 Å². The molecule has 2 nitrogen and oxygen atoms in total. The van der Waals surface area contributed by atoms with Gasteiger partial charge in [0.1, 0.15) is 11.9 Å². The van der Waals surface area contributed by atoms with Crippen LogP contribution in [0.2, 0.25) is 0 Å². The lowest BCUT2D eigenvalue weighted by Crippen LogP contribution is -2.18. The second-order valence-electron chi connectivity index (χ2n) is 4.57. The third-order valence-electron chi connectivity index (χ3n) is 2.90. The average Bonchev–Trinajstić information content (AvgIpc) is 2.36. The van der Waals surface area contributed by atoms with Crippen LogP contribution in [0, 0.1) is 13.8 Å². The number of ether oxygens (including phenoxy) is 1. The largest absolute Gasteiger partial charge is 0.484 e. The number of hydrogen-bond acceptors (Lipinski definition) is 2. The molecule has 18 heavy (non-hydrogen) atoms. The van der Waals surface area contributed by atoms with E-state index in [1.807, 2.05) is 24.3 Å². The Kier molecular flexibility index (Phi) is 4.00. The zero-order valence-electron chi connectivity index (χ0n) is 10.9. The molecule has 0 aliphatic rings. The molecule has 2 heteroatoms. The fourth-order valence-corrected chi connectivity index (χ4v) is 1.98. The predicted molar refractivity (Wildman–Crippen MR) is 74.8 cm³/mol. The lowest BCUT2D eigenvalue weighted by molar-refractivity contribution is 0.214. The third kappa shape index (κ3) is 3.11. The smallest absolute Gasteiger partial charge is 0.136 e. The van der Waals surface area contributed by atoms with Crippen LogP contribution in [0.5, 0.6) is 5.75 Å². The van der Waals surface area contributed by atoms with Gasteiger partial charge in [0, 0.05) is 6.54 Å². The maximum atomic E-state index is 5.96. The molecular formula is C16H19NO. The minimum absolute atomic E-state index is 0.0910. The van der Waals surface area contributed by atoms with Gasteiger partial charge in [0.15, 0.2) is 0 Å². The zero-order valence-corrected chi connectivity index (χ0v) is 10.9. The van der Waals surface area contributed by atoms with Crippen LogP contribution in [0.15, 0.2) is 48.5 Å². The monoisotopic (exact) mass is 241 g/mol. The summed E-state index contributed by atoms with van der Waals surface area (Å²) in [4.78, 5) is 0. The van der Waals surface area contributed by atoms with Gasteiger partial charge < -0.3 is 10.5 Å². The summed E-state index contributed by atoms with van der Waals surface area (Å²) in [5, 5.41) is 0. The second kappa shape index (κ2) is 5.69. The lowest BCUT2D eigenvalue weighted by atomic mass is 10.1. The minimum Gasteiger partial charge on any atom is -0.484 e. The van der Waals surface area contributed by atoms with E-state index in [0.717, 1.165) is 11.3 Å². The number of rotatable bonds is 4. The van der Waals surface area contributed by atoms with Crippen molar-refractivity contribution >= 4 is 0 Å². The highest BCUT2D eigenvalue weighted by molar-refractivity contribution is 5.30. The molecule has 0 aliphatic carbocycles. The topological polar surface area (TPSA) is 35.2 Å². The van der Waals surface area contributed by atoms with Crippen LogP contribution in [-0.4, -0.2) is 6.54 Å². The van der Waals surface area contributed by atoms with Gasteiger partial charge in [0.05, 0.1) is 0 Å². The van der Waals surface area contributed by atoms with E-state index in [0.29, 0.717) is 6.54 Å². The predicted octanol–water partition coefficient (Wildman–Crippen LogP) is 3.38.